The molecule has 0 saturated heterocycles. The van der Waals surface area contributed by atoms with Crippen LogP contribution in [0.25, 0.3) is 0 Å². The summed E-state index contributed by atoms with van der Waals surface area (Å²) >= 11 is 0. The molecule has 0 nitrogen and oxygen atoms in total. The largest absolute Gasteiger partial charge is 0.187 e. The van der Waals surface area contributed by atoms with E-state index >= 15 is 0 Å². The van der Waals surface area contributed by atoms with Crippen LogP contribution in [0.15, 0.2) is 0 Å². The molecule has 0 rings (SSSR count). The average molecular weight is 281 g/mol. The van der Waals surface area contributed by atoms with E-state index in [9.17, 15) is 0 Å². The van der Waals surface area contributed by atoms with E-state index in [0.29, 0.717) is 0 Å². The third-order valence-corrected chi connectivity index (χ3v) is 0. The van der Waals surface area contributed by atoms with Crippen LogP contribution in [0, 0.1) is 0 Å². The summed E-state index contributed by atoms with van der Waals surface area (Å²) in [5, 5.41) is 0. The summed E-state index contributed by atoms with van der Waals surface area (Å²) < 4.78 is 0. The molecule has 0 radical (unpaired) electrons. The van der Waals surface area contributed by atoms with E-state index in [0.717, 1.165) is 0 Å². The molecule has 0 aliphatic heterocycles. The molecule has 0 aromatic heterocycles. The van der Waals surface area contributed by atoms with Crippen LogP contribution in [0.2, 0.25) is 0 Å². The maximum absolute atomic E-state index is 0. The Balaban J connectivity index is 0. The number of rotatable bonds is 0. The Morgan fingerprint density at radius 3 is 0.750 bits per heavy atom. The second-order valence-corrected chi connectivity index (χ2v) is 0. The smallest absolute Gasteiger partial charge is 0 e. The molecule has 0 saturated carbocycles. The summed E-state index contributed by atoms with van der Waals surface area (Å²) in [7, 11) is 0. The average Bonchev–Trinajstić information content (AvgIpc) is 0. The molecular weight excluding hydrogens is 278 g/mol. The molecule has 0 N–H and O–H groups in total. The first-order valence-electron chi connectivity index (χ1n) is 0. The minimum absolute atomic E-state index is 0. The van der Waals surface area contributed by atoms with Gasteiger partial charge >= 0.3 is 0 Å². The van der Waals surface area contributed by atoms with Crippen molar-refractivity contribution in [3.8, 4) is 0 Å². The normalized spacial score (nSPS) is 0. The van der Waals surface area contributed by atoms with E-state index < -0.39 is 0 Å². The topological polar surface area (TPSA) is 0 Å². The molecule has 0 bridgehead atoms. The van der Waals surface area contributed by atoms with Crippen LogP contribution in [-0.4, -0.2) is 17.4 Å². The first-order valence-corrected chi connectivity index (χ1v) is 0. The van der Waals surface area contributed by atoms with E-state index in [-0.39, 0.29) is 76.0 Å². The predicted molar refractivity (Wildman–Crippen MR) is 9.94 cm³/mol. The Morgan fingerprint density at radius 1 is 0.750 bits per heavy atom. The van der Waals surface area contributed by atoms with E-state index in [2.05, 4.69) is 0 Å². The van der Waals surface area contributed by atoms with Gasteiger partial charge in [0.05, 0.1) is 0 Å². The Bertz CT molecular complexity index is 6.00. The van der Waals surface area contributed by atoms with Crippen molar-refractivity contribution < 1.29 is 58.6 Å². The minimum atomic E-state index is 0. The second kappa shape index (κ2) is 18.1. The molecule has 4 heavy (non-hydrogen) atoms. The van der Waals surface area contributed by atoms with Crippen LogP contribution in [0.3, 0.4) is 0 Å². The second-order valence-electron chi connectivity index (χ2n) is 0. The standard InChI is InChI=1S/Al.2Mo.Ni.3H. The molecular formula is H3AlMo2Ni. The van der Waals surface area contributed by atoms with Gasteiger partial charge in [-0.05, 0) is 0 Å². The van der Waals surface area contributed by atoms with Gasteiger partial charge in [0.2, 0.25) is 0 Å². The van der Waals surface area contributed by atoms with Gasteiger partial charge in [0.1, 0.15) is 0 Å². The van der Waals surface area contributed by atoms with Gasteiger partial charge in [0, 0.05) is 58.6 Å². The van der Waals surface area contributed by atoms with Crippen LogP contribution < -0.4 is 0 Å². The van der Waals surface area contributed by atoms with Gasteiger partial charge in [-0.2, -0.15) is 0 Å². The molecule has 0 spiro atoms. The van der Waals surface area contributed by atoms with Gasteiger partial charge in [-0.25, -0.2) is 0 Å². The maximum Gasteiger partial charge on any atom is 0.187 e. The van der Waals surface area contributed by atoms with E-state index in [4.69, 9.17) is 0 Å². The molecule has 0 aliphatic rings. The Labute approximate surface area is 75.1 Å². The first-order chi connectivity index (χ1) is 0. The van der Waals surface area contributed by atoms with Crippen LogP contribution in [0.5, 0.6) is 0 Å². The molecule has 0 amide bonds. The van der Waals surface area contributed by atoms with Gasteiger partial charge in [-0.1, -0.05) is 0 Å². The molecule has 0 aromatic rings. The monoisotopic (exact) mass is 284 g/mol. The zero-order valence-corrected chi connectivity index (χ0v) is 6.13. The summed E-state index contributed by atoms with van der Waals surface area (Å²) in [5.74, 6) is 0. The first kappa shape index (κ1) is 32.4. The van der Waals surface area contributed by atoms with Crippen molar-refractivity contribution in [2.75, 3.05) is 0 Å². The molecule has 0 heterocycles. The van der Waals surface area contributed by atoms with Gasteiger partial charge < -0.3 is 0 Å². The van der Waals surface area contributed by atoms with Crippen molar-refractivity contribution >= 4 is 17.4 Å². The van der Waals surface area contributed by atoms with Crippen molar-refractivity contribution in [1.82, 2.24) is 0 Å². The fraction of sp³-hybridized carbons (Fsp3) is 0. The molecule has 0 unspecified atom stereocenters. The number of hydrogen-bond donors (Lipinski definition) is 0. The van der Waals surface area contributed by atoms with Gasteiger partial charge in [0.25, 0.3) is 0 Å². The Kier molecular flexibility index (Phi) is 147. The van der Waals surface area contributed by atoms with Crippen molar-refractivity contribution in [3.05, 3.63) is 0 Å². The fourth-order valence-corrected chi connectivity index (χ4v) is 0. The maximum atomic E-state index is 0. The number of hydrogen-bond acceptors (Lipinski definition) is 0. The Hall–Kier alpha value is 2.40. The van der Waals surface area contributed by atoms with Crippen LogP contribution in [0.1, 0.15) is 0 Å². The van der Waals surface area contributed by atoms with Crippen molar-refractivity contribution in [3.63, 3.8) is 0 Å². The van der Waals surface area contributed by atoms with Crippen molar-refractivity contribution in [2.45, 2.75) is 0 Å². The van der Waals surface area contributed by atoms with Gasteiger partial charge in [-0.15, -0.1) is 0 Å². The summed E-state index contributed by atoms with van der Waals surface area (Å²) in [6, 6.07) is 0. The minimum Gasteiger partial charge on any atom is 0 e. The van der Waals surface area contributed by atoms with Crippen LogP contribution >= 0.6 is 0 Å². The summed E-state index contributed by atoms with van der Waals surface area (Å²) in [5.41, 5.74) is 0. The molecule has 0 atom stereocenters. The van der Waals surface area contributed by atoms with Gasteiger partial charge in [-0.3, -0.25) is 0 Å². The molecule has 0 aliphatic carbocycles. The van der Waals surface area contributed by atoms with E-state index in [1.807, 2.05) is 0 Å². The SMILES string of the molecule is [AlH3].[Mo].[Mo].[Ni]. The molecule has 0 fully saturated rings. The summed E-state index contributed by atoms with van der Waals surface area (Å²) in [6.45, 7) is 0. The Morgan fingerprint density at radius 2 is 0.750 bits per heavy atom. The van der Waals surface area contributed by atoms with E-state index in [1.54, 1.807) is 0 Å². The molecule has 0 aromatic carbocycles. The predicted octanol–water partition coefficient (Wildman–Crippen LogP) is -1.19. The molecule has 28 valence electrons. The third-order valence-electron chi connectivity index (χ3n) is 0. The third kappa shape index (κ3) is 8.83. The van der Waals surface area contributed by atoms with Gasteiger partial charge in [0.15, 0.2) is 17.4 Å². The van der Waals surface area contributed by atoms with Crippen molar-refractivity contribution in [2.24, 2.45) is 0 Å². The zero-order valence-electron chi connectivity index (χ0n) is 1.13. The van der Waals surface area contributed by atoms with Crippen LogP contribution in [0.4, 0.5) is 0 Å². The summed E-state index contributed by atoms with van der Waals surface area (Å²) in [4.78, 5) is 0. The zero-order chi connectivity index (χ0) is 0. The van der Waals surface area contributed by atoms with E-state index in [1.165, 1.54) is 0 Å². The summed E-state index contributed by atoms with van der Waals surface area (Å²) in [6.07, 6.45) is 0. The quantitative estimate of drug-likeness (QED) is 0.490. The molecule has 4 heteroatoms. The van der Waals surface area contributed by atoms with Crippen LogP contribution in [-0.2, 0) is 58.6 Å². The van der Waals surface area contributed by atoms with Crippen molar-refractivity contribution in [1.29, 1.82) is 0 Å². The fourth-order valence-electron chi connectivity index (χ4n) is 0.